The number of sulfone groups is 1. The second-order valence-corrected chi connectivity index (χ2v) is 6.58. The molecule has 0 saturated heterocycles. The molecule has 7 heteroatoms. The van der Waals surface area contributed by atoms with Gasteiger partial charge >= 0.3 is 0 Å². The molecule has 17 heavy (non-hydrogen) atoms. The average Bonchev–Trinajstić information content (AvgIpc) is 2.64. The molecule has 1 heterocycles. The maximum Gasteiger partial charge on any atom is 0.232 e. The fourth-order valence-corrected chi connectivity index (χ4v) is 1.96. The molecule has 1 aromatic rings. The molecule has 0 spiro atoms. The lowest BCUT2D eigenvalue weighted by Gasteiger charge is -2.12. The van der Waals surface area contributed by atoms with E-state index < -0.39 is 21.2 Å². The van der Waals surface area contributed by atoms with Crippen molar-refractivity contribution in [3.05, 3.63) is 11.7 Å². The van der Waals surface area contributed by atoms with Crippen LogP contribution in [0.2, 0.25) is 0 Å². The summed E-state index contributed by atoms with van der Waals surface area (Å²) in [5.74, 6) is 0.164. The van der Waals surface area contributed by atoms with Gasteiger partial charge in [-0.15, -0.1) is 0 Å². The van der Waals surface area contributed by atoms with Gasteiger partial charge in [0, 0.05) is 6.26 Å². The largest absolute Gasteiger partial charge is 0.393 e. The number of aromatic nitrogens is 2. The van der Waals surface area contributed by atoms with Crippen LogP contribution in [0, 0.1) is 0 Å². The first-order valence-corrected chi connectivity index (χ1v) is 7.43. The zero-order valence-corrected chi connectivity index (χ0v) is 11.2. The van der Waals surface area contributed by atoms with Crippen LogP contribution in [0.15, 0.2) is 4.52 Å². The molecule has 0 radical (unpaired) electrons. The topological polar surface area (TPSA) is 93.3 Å². The highest BCUT2D eigenvalue weighted by atomic mass is 32.2. The van der Waals surface area contributed by atoms with Gasteiger partial charge in [0.05, 0.1) is 12.0 Å². The maximum atomic E-state index is 11.3. The SMILES string of the molecule is CCC(c1nc(C(C)S(C)(=O)=O)no1)C(C)O. The number of rotatable bonds is 5. The Morgan fingerprint density at radius 1 is 1.41 bits per heavy atom. The minimum atomic E-state index is -3.24. The van der Waals surface area contributed by atoms with Crippen LogP contribution in [0.1, 0.15) is 50.1 Å². The number of aliphatic hydroxyl groups excluding tert-OH is 1. The third-order valence-corrected chi connectivity index (χ3v) is 4.30. The second-order valence-electron chi connectivity index (χ2n) is 4.22. The monoisotopic (exact) mass is 262 g/mol. The van der Waals surface area contributed by atoms with E-state index in [0.29, 0.717) is 6.42 Å². The van der Waals surface area contributed by atoms with Crippen molar-refractivity contribution >= 4 is 9.84 Å². The highest BCUT2D eigenvalue weighted by molar-refractivity contribution is 7.90. The van der Waals surface area contributed by atoms with E-state index >= 15 is 0 Å². The molecule has 0 aromatic carbocycles. The van der Waals surface area contributed by atoms with Crippen molar-refractivity contribution in [1.29, 1.82) is 0 Å². The standard InChI is InChI=1S/C10H18N2O4S/c1-5-8(6(2)13)10-11-9(12-16-10)7(3)17(4,14)15/h6-8,13H,5H2,1-4H3. The van der Waals surface area contributed by atoms with Crippen LogP contribution in [0.4, 0.5) is 0 Å². The molecule has 0 amide bonds. The van der Waals surface area contributed by atoms with Crippen molar-refractivity contribution < 1.29 is 18.0 Å². The van der Waals surface area contributed by atoms with Gasteiger partial charge in [-0.25, -0.2) is 8.42 Å². The first kappa shape index (κ1) is 14.1. The van der Waals surface area contributed by atoms with E-state index in [1.54, 1.807) is 6.92 Å². The first-order chi connectivity index (χ1) is 7.77. The van der Waals surface area contributed by atoms with Gasteiger partial charge in [0.15, 0.2) is 15.7 Å². The van der Waals surface area contributed by atoms with Gasteiger partial charge in [-0.2, -0.15) is 4.98 Å². The van der Waals surface area contributed by atoms with E-state index in [-0.39, 0.29) is 17.6 Å². The number of aliphatic hydroxyl groups is 1. The Labute approximate surface area is 101 Å². The zero-order valence-electron chi connectivity index (χ0n) is 10.4. The number of hydrogen-bond acceptors (Lipinski definition) is 6. The second kappa shape index (κ2) is 5.14. The van der Waals surface area contributed by atoms with Crippen LogP contribution in [0.3, 0.4) is 0 Å². The summed E-state index contributed by atoms with van der Waals surface area (Å²) in [5.41, 5.74) is 0. The molecule has 0 aliphatic rings. The minimum absolute atomic E-state index is 0.140. The Hall–Kier alpha value is -0.950. The van der Waals surface area contributed by atoms with Crippen molar-refractivity contribution in [2.75, 3.05) is 6.26 Å². The molecule has 0 saturated carbocycles. The fraction of sp³-hybridized carbons (Fsp3) is 0.800. The van der Waals surface area contributed by atoms with Gasteiger partial charge in [-0.3, -0.25) is 0 Å². The molecule has 1 N–H and O–H groups in total. The summed E-state index contributed by atoms with van der Waals surface area (Å²) in [6, 6.07) is 0. The van der Waals surface area contributed by atoms with Gasteiger partial charge in [-0.05, 0) is 20.3 Å². The summed E-state index contributed by atoms with van der Waals surface area (Å²) in [5, 5.41) is 12.4. The molecule has 0 bridgehead atoms. The van der Waals surface area contributed by atoms with Gasteiger partial charge < -0.3 is 9.63 Å². The molecular weight excluding hydrogens is 244 g/mol. The molecule has 1 aromatic heterocycles. The lowest BCUT2D eigenvalue weighted by molar-refractivity contribution is 0.141. The molecule has 3 atom stereocenters. The van der Waals surface area contributed by atoms with Gasteiger partial charge in [0.1, 0.15) is 5.25 Å². The summed E-state index contributed by atoms with van der Waals surface area (Å²) in [6.45, 7) is 5.03. The van der Waals surface area contributed by atoms with Gasteiger partial charge in [-0.1, -0.05) is 12.1 Å². The highest BCUT2D eigenvalue weighted by Gasteiger charge is 2.27. The van der Waals surface area contributed by atoms with Crippen molar-refractivity contribution in [3.8, 4) is 0 Å². The first-order valence-electron chi connectivity index (χ1n) is 5.47. The molecule has 1 rings (SSSR count). The minimum Gasteiger partial charge on any atom is -0.393 e. The van der Waals surface area contributed by atoms with Crippen LogP contribution in [0.5, 0.6) is 0 Å². The molecule has 98 valence electrons. The Morgan fingerprint density at radius 2 is 2.00 bits per heavy atom. The van der Waals surface area contributed by atoms with Crippen molar-refractivity contribution in [2.24, 2.45) is 0 Å². The van der Waals surface area contributed by atoms with Crippen molar-refractivity contribution in [3.63, 3.8) is 0 Å². The van der Waals surface area contributed by atoms with E-state index in [0.717, 1.165) is 6.26 Å². The van der Waals surface area contributed by atoms with Crippen molar-refractivity contribution in [1.82, 2.24) is 10.1 Å². The lowest BCUT2D eigenvalue weighted by atomic mass is 10.0. The zero-order chi connectivity index (χ0) is 13.2. The molecule has 0 fully saturated rings. The number of hydrogen-bond donors (Lipinski definition) is 1. The van der Waals surface area contributed by atoms with E-state index in [4.69, 9.17) is 4.52 Å². The maximum absolute atomic E-state index is 11.3. The average molecular weight is 262 g/mol. The van der Waals surface area contributed by atoms with E-state index in [1.807, 2.05) is 6.92 Å². The smallest absolute Gasteiger partial charge is 0.232 e. The van der Waals surface area contributed by atoms with Gasteiger partial charge in [0.25, 0.3) is 0 Å². The summed E-state index contributed by atoms with van der Waals surface area (Å²) >= 11 is 0. The van der Waals surface area contributed by atoms with E-state index in [1.165, 1.54) is 6.92 Å². The van der Waals surface area contributed by atoms with Crippen LogP contribution in [-0.4, -0.2) is 36.0 Å². The van der Waals surface area contributed by atoms with Crippen molar-refractivity contribution in [2.45, 2.75) is 44.5 Å². The third kappa shape index (κ3) is 3.26. The van der Waals surface area contributed by atoms with Gasteiger partial charge in [0.2, 0.25) is 5.89 Å². The van der Waals surface area contributed by atoms with Crippen LogP contribution in [0.25, 0.3) is 0 Å². The van der Waals surface area contributed by atoms with Crippen LogP contribution >= 0.6 is 0 Å². The Balaban J connectivity index is 2.99. The quantitative estimate of drug-likeness (QED) is 0.852. The van der Waals surface area contributed by atoms with Crippen LogP contribution < -0.4 is 0 Å². The summed E-state index contributed by atoms with van der Waals surface area (Å²) in [6.07, 6.45) is 1.16. The molecule has 0 aliphatic carbocycles. The highest BCUT2D eigenvalue weighted by Crippen LogP contribution is 2.24. The van der Waals surface area contributed by atoms with Crippen LogP contribution in [-0.2, 0) is 9.84 Å². The fourth-order valence-electron chi connectivity index (χ4n) is 1.48. The third-order valence-electron chi connectivity index (χ3n) is 2.80. The Bertz CT molecular complexity index is 466. The Kier molecular flexibility index (Phi) is 4.26. The number of nitrogens with zero attached hydrogens (tertiary/aromatic N) is 2. The summed E-state index contributed by atoms with van der Waals surface area (Å²) in [7, 11) is -3.24. The van der Waals surface area contributed by atoms with E-state index in [9.17, 15) is 13.5 Å². The molecule has 6 nitrogen and oxygen atoms in total. The Morgan fingerprint density at radius 3 is 2.41 bits per heavy atom. The predicted molar refractivity (Wildman–Crippen MR) is 62.3 cm³/mol. The lowest BCUT2D eigenvalue weighted by Crippen LogP contribution is -2.14. The molecule has 0 aliphatic heterocycles. The molecule has 3 unspecified atom stereocenters. The predicted octanol–water partition coefficient (Wildman–Crippen LogP) is 1.05. The van der Waals surface area contributed by atoms with E-state index in [2.05, 4.69) is 10.1 Å². The summed E-state index contributed by atoms with van der Waals surface area (Å²) in [4.78, 5) is 4.05. The normalized spacial score (nSPS) is 17.7. The molecular formula is C10H18N2O4S. The summed E-state index contributed by atoms with van der Waals surface area (Å²) < 4.78 is 27.7.